The molecule has 0 aromatic carbocycles. The number of hydrogen-bond donors (Lipinski definition) is 1. The second-order valence-corrected chi connectivity index (χ2v) is 7.01. The first-order valence-electron chi connectivity index (χ1n) is 7.15. The number of ether oxygens (including phenoxy) is 1. The first-order chi connectivity index (χ1) is 9.10. The summed E-state index contributed by atoms with van der Waals surface area (Å²) in [5.74, 6) is -1.69. The van der Waals surface area contributed by atoms with E-state index >= 15 is 0 Å². The summed E-state index contributed by atoms with van der Waals surface area (Å²) in [4.78, 5) is 23.2. The lowest BCUT2D eigenvalue weighted by atomic mass is 9.79. The molecule has 0 heterocycles. The quantitative estimate of drug-likeness (QED) is 0.574. The molecule has 4 heteroatoms. The molecule has 20 heavy (non-hydrogen) atoms. The second kappa shape index (κ2) is 5.98. The summed E-state index contributed by atoms with van der Waals surface area (Å²) in [7, 11) is 0. The van der Waals surface area contributed by atoms with Crippen LogP contribution in [-0.4, -0.2) is 22.6 Å². The Hall–Kier alpha value is -1.32. The van der Waals surface area contributed by atoms with Gasteiger partial charge in [0.2, 0.25) is 0 Å². The number of carboxylic acids is 1. The van der Waals surface area contributed by atoms with E-state index in [9.17, 15) is 14.7 Å². The molecule has 0 radical (unpaired) electrons. The Morgan fingerprint density at radius 2 is 2.10 bits per heavy atom. The summed E-state index contributed by atoms with van der Waals surface area (Å²) in [6.07, 6.45) is 4.54. The van der Waals surface area contributed by atoms with Gasteiger partial charge in [-0.05, 0) is 31.6 Å². The van der Waals surface area contributed by atoms with Crippen LogP contribution in [0.25, 0.3) is 0 Å². The van der Waals surface area contributed by atoms with Crippen LogP contribution in [0.2, 0.25) is 0 Å². The zero-order chi connectivity index (χ0) is 15.6. The molecule has 0 spiro atoms. The van der Waals surface area contributed by atoms with Crippen LogP contribution in [0.4, 0.5) is 0 Å². The fourth-order valence-corrected chi connectivity index (χ4v) is 2.51. The summed E-state index contributed by atoms with van der Waals surface area (Å²) >= 11 is 0. The van der Waals surface area contributed by atoms with Crippen molar-refractivity contribution in [3.05, 3.63) is 12.7 Å². The van der Waals surface area contributed by atoms with E-state index in [1.165, 1.54) is 0 Å². The standard InChI is InChI=1S/C16H26O4/c1-6-7-8-11-10-16(11,5)20-13(17)9-12(14(18)19)15(2,3)4/h6,11-12H,1,7-10H2,2-5H3,(H,18,19)/t11-,12-,16-/m1/s1. The molecule has 0 bridgehead atoms. The smallest absolute Gasteiger partial charge is 0.307 e. The third kappa shape index (κ3) is 4.36. The number of esters is 1. The predicted molar refractivity (Wildman–Crippen MR) is 77.2 cm³/mol. The number of hydrogen-bond acceptors (Lipinski definition) is 3. The van der Waals surface area contributed by atoms with E-state index in [2.05, 4.69) is 6.58 Å². The van der Waals surface area contributed by atoms with Crippen molar-refractivity contribution in [2.75, 3.05) is 0 Å². The van der Waals surface area contributed by atoms with Gasteiger partial charge in [-0.15, -0.1) is 6.58 Å². The first-order valence-corrected chi connectivity index (χ1v) is 7.15. The molecule has 1 rings (SSSR count). The summed E-state index contributed by atoms with van der Waals surface area (Å²) in [6.45, 7) is 11.1. The van der Waals surface area contributed by atoms with E-state index in [1.807, 2.05) is 33.8 Å². The molecule has 0 saturated heterocycles. The molecule has 1 aliphatic rings. The van der Waals surface area contributed by atoms with E-state index in [0.717, 1.165) is 19.3 Å². The lowest BCUT2D eigenvalue weighted by molar-refractivity contribution is -0.159. The van der Waals surface area contributed by atoms with Gasteiger partial charge >= 0.3 is 11.9 Å². The van der Waals surface area contributed by atoms with Gasteiger partial charge in [0.05, 0.1) is 12.3 Å². The molecule has 1 N–H and O–H groups in total. The Morgan fingerprint density at radius 1 is 1.50 bits per heavy atom. The Kier molecular flexibility index (Phi) is 5.00. The van der Waals surface area contributed by atoms with Crippen LogP contribution in [-0.2, 0) is 14.3 Å². The van der Waals surface area contributed by atoms with E-state index in [4.69, 9.17) is 4.74 Å². The third-order valence-corrected chi connectivity index (χ3v) is 4.14. The van der Waals surface area contributed by atoms with Crippen LogP contribution in [0, 0.1) is 17.3 Å². The lowest BCUT2D eigenvalue weighted by Crippen LogP contribution is -2.32. The molecular formula is C16H26O4. The molecule has 0 aromatic heterocycles. The highest BCUT2D eigenvalue weighted by atomic mass is 16.6. The maximum atomic E-state index is 12.0. The number of aliphatic carboxylic acids is 1. The van der Waals surface area contributed by atoms with Gasteiger partial charge in [0, 0.05) is 5.92 Å². The first kappa shape index (κ1) is 16.7. The molecule has 1 saturated carbocycles. The van der Waals surface area contributed by atoms with Crippen LogP contribution in [0.3, 0.4) is 0 Å². The Balaban J connectivity index is 2.52. The second-order valence-electron chi connectivity index (χ2n) is 7.01. The van der Waals surface area contributed by atoms with Crippen LogP contribution in [0.5, 0.6) is 0 Å². The average Bonchev–Trinajstić information content (AvgIpc) is 2.91. The zero-order valence-electron chi connectivity index (χ0n) is 12.9. The van der Waals surface area contributed by atoms with Gasteiger partial charge in [-0.25, -0.2) is 0 Å². The van der Waals surface area contributed by atoms with E-state index < -0.39 is 28.9 Å². The highest BCUT2D eigenvalue weighted by Gasteiger charge is 2.53. The maximum Gasteiger partial charge on any atom is 0.307 e. The summed E-state index contributed by atoms with van der Waals surface area (Å²) in [5, 5.41) is 9.22. The summed E-state index contributed by atoms with van der Waals surface area (Å²) in [5.41, 5.74) is -0.863. The predicted octanol–water partition coefficient (Wildman–Crippen LogP) is 3.41. The highest BCUT2D eigenvalue weighted by Crippen LogP contribution is 2.49. The number of carboxylic acid groups (broad SMARTS) is 1. The van der Waals surface area contributed by atoms with Gasteiger partial charge in [-0.1, -0.05) is 26.8 Å². The number of carbonyl (C=O) groups is 2. The van der Waals surface area contributed by atoms with Crippen molar-refractivity contribution in [2.45, 2.75) is 59.0 Å². The van der Waals surface area contributed by atoms with Crippen molar-refractivity contribution in [3.63, 3.8) is 0 Å². The molecular weight excluding hydrogens is 256 g/mol. The van der Waals surface area contributed by atoms with Crippen LogP contribution < -0.4 is 0 Å². The molecule has 3 atom stereocenters. The molecule has 4 nitrogen and oxygen atoms in total. The minimum atomic E-state index is -0.946. The van der Waals surface area contributed by atoms with Gasteiger partial charge in [0.25, 0.3) is 0 Å². The van der Waals surface area contributed by atoms with Gasteiger partial charge < -0.3 is 9.84 Å². The molecule has 0 aromatic rings. The maximum absolute atomic E-state index is 12.0. The van der Waals surface area contributed by atoms with Crippen molar-refractivity contribution < 1.29 is 19.4 Å². The van der Waals surface area contributed by atoms with Crippen molar-refractivity contribution in [1.29, 1.82) is 0 Å². The van der Waals surface area contributed by atoms with E-state index in [-0.39, 0.29) is 6.42 Å². The Bertz CT molecular complexity index is 394. The van der Waals surface area contributed by atoms with Crippen LogP contribution >= 0.6 is 0 Å². The largest absolute Gasteiger partial charge is 0.481 e. The molecule has 1 fully saturated rings. The zero-order valence-corrected chi connectivity index (χ0v) is 12.9. The molecule has 0 unspecified atom stereocenters. The minimum absolute atomic E-state index is 0.0669. The summed E-state index contributed by atoms with van der Waals surface area (Å²) < 4.78 is 5.50. The average molecular weight is 282 g/mol. The Labute approximate surface area is 121 Å². The van der Waals surface area contributed by atoms with Crippen molar-refractivity contribution in [1.82, 2.24) is 0 Å². The minimum Gasteiger partial charge on any atom is -0.481 e. The Morgan fingerprint density at radius 3 is 2.55 bits per heavy atom. The number of allylic oxidation sites excluding steroid dienone is 1. The van der Waals surface area contributed by atoms with Crippen molar-refractivity contribution in [2.24, 2.45) is 17.3 Å². The fraction of sp³-hybridized carbons (Fsp3) is 0.750. The van der Waals surface area contributed by atoms with Crippen molar-refractivity contribution >= 4 is 11.9 Å². The fourth-order valence-electron chi connectivity index (χ4n) is 2.51. The monoisotopic (exact) mass is 282 g/mol. The van der Waals surface area contributed by atoms with Crippen LogP contribution in [0.1, 0.15) is 53.4 Å². The molecule has 114 valence electrons. The normalized spacial score (nSPS) is 26.7. The van der Waals surface area contributed by atoms with E-state index in [0.29, 0.717) is 5.92 Å². The third-order valence-electron chi connectivity index (χ3n) is 4.14. The van der Waals surface area contributed by atoms with Gasteiger partial charge in [-0.2, -0.15) is 0 Å². The SMILES string of the molecule is C=CCC[C@@H]1C[C@@]1(C)OC(=O)C[C@H](C(=O)O)C(C)(C)C. The molecule has 0 aliphatic heterocycles. The van der Waals surface area contributed by atoms with Gasteiger partial charge in [0.1, 0.15) is 5.60 Å². The molecule has 1 aliphatic carbocycles. The van der Waals surface area contributed by atoms with Gasteiger partial charge in [0.15, 0.2) is 0 Å². The van der Waals surface area contributed by atoms with E-state index in [1.54, 1.807) is 0 Å². The number of rotatable bonds is 7. The van der Waals surface area contributed by atoms with Crippen molar-refractivity contribution in [3.8, 4) is 0 Å². The summed E-state index contributed by atoms with van der Waals surface area (Å²) in [6, 6.07) is 0. The lowest BCUT2D eigenvalue weighted by Gasteiger charge is -2.26. The van der Waals surface area contributed by atoms with Gasteiger partial charge in [-0.3, -0.25) is 9.59 Å². The molecule has 0 amide bonds. The number of carbonyl (C=O) groups excluding carboxylic acids is 1. The topological polar surface area (TPSA) is 63.6 Å². The van der Waals surface area contributed by atoms with Crippen LogP contribution in [0.15, 0.2) is 12.7 Å². The highest BCUT2D eigenvalue weighted by molar-refractivity contribution is 5.79.